The number of H-pyrrole nitrogens is 1. The van der Waals surface area contributed by atoms with Crippen LogP contribution in [0, 0.1) is 18.2 Å². The number of carbonyl (C=O) groups is 1. The van der Waals surface area contributed by atoms with Gasteiger partial charge >= 0.3 is 0 Å². The number of halogens is 1. The number of fused-ring (bicyclic) bond motifs is 1. The first-order valence-corrected chi connectivity index (χ1v) is 10.2. The second-order valence-electron chi connectivity index (χ2n) is 7.67. The highest BCUT2D eigenvalue weighted by Crippen LogP contribution is 2.25. The van der Waals surface area contributed by atoms with E-state index in [0.717, 1.165) is 33.6 Å². The SMILES string of the molecule is Cc1ccc(C(=O)NC(=N)c2ccc(-c3cnc4ccc(-c5cn[nH]c5)cn34)cc2)c(F)c1. The van der Waals surface area contributed by atoms with Crippen LogP contribution in [-0.4, -0.2) is 31.3 Å². The zero-order valence-electron chi connectivity index (χ0n) is 17.6. The molecule has 3 N–H and O–H groups in total. The predicted molar refractivity (Wildman–Crippen MR) is 124 cm³/mol. The summed E-state index contributed by atoms with van der Waals surface area (Å²) >= 11 is 0. The highest BCUT2D eigenvalue weighted by Gasteiger charge is 2.15. The quantitative estimate of drug-likeness (QED) is 0.283. The molecule has 0 atom stereocenters. The second-order valence-corrected chi connectivity index (χ2v) is 7.67. The molecule has 0 saturated carbocycles. The minimum atomic E-state index is -0.657. The maximum absolute atomic E-state index is 14.1. The number of hydrogen-bond donors (Lipinski definition) is 3. The lowest BCUT2D eigenvalue weighted by atomic mass is 10.1. The van der Waals surface area contributed by atoms with Crippen molar-refractivity contribution in [3.63, 3.8) is 0 Å². The molecule has 0 fully saturated rings. The Labute approximate surface area is 188 Å². The smallest absolute Gasteiger partial charge is 0.259 e. The molecule has 0 spiro atoms. The molecule has 8 heteroatoms. The molecule has 3 heterocycles. The number of aromatic nitrogens is 4. The fraction of sp³-hybridized carbons (Fsp3) is 0.0400. The molecule has 0 aliphatic heterocycles. The van der Waals surface area contributed by atoms with E-state index in [0.29, 0.717) is 5.56 Å². The van der Waals surface area contributed by atoms with Crippen LogP contribution in [-0.2, 0) is 0 Å². The Morgan fingerprint density at radius 3 is 2.55 bits per heavy atom. The third-order valence-corrected chi connectivity index (χ3v) is 5.41. The number of carbonyl (C=O) groups excluding carboxylic acids is 1. The number of pyridine rings is 1. The second kappa shape index (κ2) is 8.16. The third-order valence-electron chi connectivity index (χ3n) is 5.41. The maximum atomic E-state index is 14.1. The Morgan fingerprint density at radius 1 is 1.03 bits per heavy atom. The first kappa shape index (κ1) is 20.3. The first-order chi connectivity index (χ1) is 16.0. The van der Waals surface area contributed by atoms with Gasteiger partial charge in [-0.1, -0.05) is 30.3 Å². The molecule has 0 unspecified atom stereocenters. The molecule has 0 bridgehead atoms. The van der Waals surface area contributed by atoms with E-state index in [-0.39, 0.29) is 11.4 Å². The van der Waals surface area contributed by atoms with Crippen molar-refractivity contribution >= 4 is 17.4 Å². The normalized spacial score (nSPS) is 11.0. The molecule has 0 radical (unpaired) electrons. The van der Waals surface area contributed by atoms with Crippen LogP contribution in [0.4, 0.5) is 4.39 Å². The van der Waals surface area contributed by atoms with Crippen LogP contribution >= 0.6 is 0 Å². The number of amidine groups is 1. The molecular formula is C25H19FN6O. The number of aromatic amines is 1. The highest BCUT2D eigenvalue weighted by molar-refractivity contribution is 6.11. The van der Waals surface area contributed by atoms with Gasteiger partial charge in [-0.25, -0.2) is 9.37 Å². The molecule has 2 aromatic carbocycles. The molecule has 5 aromatic rings. The van der Waals surface area contributed by atoms with E-state index in [1.54, 1.807) is 37.5 Å². The highest BCUT2D eigenvalue weighted by atomic mass is 19.1. The topological polar surface area (TPSA) is 98.9 Å². The average molecular weight is 438 g/mol. The molecule has 33 heavy (non-hydrogen) atoms. The molecule has 3 aromatic heterocycles. The molecule has 162 valence electrons. The fourth-order valence-electron chi connectivity index (χ4n) is 3.64. The Morgan fingerprint density at radius 2 is 1.82 bits per heavy atom. The van der Waals surface area contributed by atoms with Gasteiger partial charge in [0.25, 0.3) is 5.91 Å². The van der Waals surface area contributed by atoms with Gasteiger partial charge in [0.05, 0.1) is 23.7 Å². The number of rotatable bonds is 4. The summed E-state index contributed by atoms with van der Waals surface area (Å²) in [5, 5.41) is 17.5. The summed E-state index contributed by atoms with van der Waals surface area (Å²) in [6.45, 7) is 1.75. The Bertz CT molecular complexity index is 1490. The Kier molecular flexibility index (Phi) is 5.02. The first-order valence-electron chi connectivity index (χ1n) is 10.2. The molecule has 1 amide bonds. The number of imidazole rings is 1. The molecule has 0 saturated heterocycles. The summed E-state index contributed by atoms with van der Waals surface area (Å²) in [6.07, 6.45) is 7.37. The molecule has 7 nitrogen and oxygen atoms in total. The summed E-state index contributed by atoms with van der Waals surface area (Å²) in [4.78, 5) is 16.8. The number of amides is 1. The van der Waals surface area contributed by atoms with Crippen molar-refractivity contribution in [3.05, 3.63) is 102 Å². The van der Waals surface area contributed by atoms with Crippen molar-refractivity contribution in [3.8, 4) is 22.4 Å². The lowest BCUT2D eigenvalue weighted by molar-refractivity contribution is 0.0973. The standard InChI is InChI=1S/C25H19FN6O/c1-15-2-8-20(21(26)10-15)25(33)31-24(27)17-5-3-16(4-6-17)22-13-28-23-9-7-18(14-32(22)23)19-11-29-30-12-19/h2-14H,1H3,(H,29,30)(H2,27,31,33). The summed E-state index contributed by atoms with van der Waals surface area (Å²) in [5.74, 6) is -1.37. The minimum absolute atomic E-state index is 0.0962. The van der Waals surface area contributed by atoms with E-state index >= 15 is 0 Å². The van der Waals surface area contributed by atoms with Crippen molar-refractivity contribution in [1.29, 1.82) is 5.41 Å². The molecule has 0 aliphatic carbocycles. The van der Waals surface area contributed by atoms with Crippen LogP contribution in [0.25, 0.3) is 28.0 Å². The van der Waals surface area contributed by atoms with E-state index in [9.17, 15) is 9.18 Å². The van der Waals surface area contributed by atoms with E-state index in [2.05, 4.69) is 20.5 Å². The molecular weight excluding hydrogens is 419 g/mol. The van der Waals surface area contributed by atoms with Gasteiger partial charge in [-0.15, -0.1) is 0 Å². The van der Waals surface area contributed by atoms with Crippen molar-refractivity contribution in [2.45, 2.75) is 6.92 Å². The summed E-state index contributed by atoms with van der Waals surface area (Å²) in [5.41, 5.74) is 5.70. The molecule has 5 rings (SSSR count). The van der Waals surface area contributed by atoms with E-state index < -0.39 is 11.7 Å². The minimum Gasteiger partial charge on any atom is -0.306 e. The van der Waals surface area contributed by atoms with Gasteiger partial charge in [0.1, 0.15) is 17.3 Å². The number of aryl methyl sites for hydroxylation is 1. The van der Waals surface area contributed by atoms with Crippen LogP contribution in [0.2, 0.25) is 0 Å². The predicted octanol–water partition coefficient (Wildman–Crippen LogP) is 4.59. The van der Waals surface area contributed by atoms with E-state index in [1.165, 1.54) is 12.1 Å². The number of nitrogens with one attached hydrogen (secondary N) is 3. The van der Waals surface area contributed by atoms with Crippen molar-refractivity contribution in [1.82, 2.24) is 24.9 Å². The van der Waals surface area contributed by atoms with Crippen LogP contribution in [0.3, 0.4) is 0 Å². The van der Waals surface area contributed by atoms with Crippen LogP contribution in [0.5, 0.6) is 0 Å². The van der Waals surface area contributed by atoms with Crippen LogP contribution < -0.4 is 5.32 Å². The fourth-order valence-corrected chi connectivity index (χ4v) is 3.64. The van der Waals surface area contributed by atoms with Crippen molar-refractivity contribution in [2.24, 2.45) is 0 Å². The van der Waals surface area contributed by atoms with E-state index in [4.69, 9.17) is 5.41 Å². The summed E-state index contributed by atoms with van der Waals surface area (Å²) < 4.78 is 16.1. The van der Waals surface area contributed by atoms with Crippen molar-refractivity contribution in [2.75, 3.05) is 0 Å². The maximum Gasteiger partial charge on any atom is 0.259 e. The molecule has 0 aliphatic rings. The zero-order chi connectivity index (χ0) is 22.9. The largest absolute Gasteiger partial charge is 0.306 e. The zero-order valence-corrected chi connectivity index (χ0v) is 17.6. The van der Waals surface area contributed by atoms with Gasteiger partial charge < -0.3 is 5.32 Å². The van der Waals surface area contributed by atoms with Gasteiger partial charge in [0.2, 0.25) is 0 Å². The van der Waals surface area contributed by atoms with Crippen molar-refractivity contribution < 1.29 is 9.18 Å². The number of hydrogen-bond acceptors (Lipinski definition) is 4. The van der Waals surface area contributed by atoms with Gasteiger partial charge in [-0.05, 0) is 36.8 Å². The number of nitrogens with zero attached hydrogens (tertiary/aromatic N) is 3. The lowest BCUT2D eigenvalue weighted by Crippen LogP contribution is -2.31. The van der Waals surface area contributed by atoms with Gasteiger partial charge in [0, 0.05) is 34.6 Å². The van der Waals surface area contributed by atoms with E-state index in [1.807, 2.05) is 41.1 Å². The third kappa shape index (κ3) is 3.89. The number of benzene rings is 2. The van der Waals surface area contributed by atoms with Gasteiger partial charge in [-0.2, -0.15) is 5.10 Å². The van der Waals surface area contributed by atoms with Gasteiger partial charge in [0.15, 0.2) is 0 Å². The Hall–Kier alpha value is -4.59. The van der Waals surface area contributed by atoms with Crippen LogP contribution in [0.15, 0.2) is 79.4 Å². The average Bonchev–Trinajstić information content (AvgIpc) is 3.49. The van der Waals surface area contributed by atoms with Crippen LogP contribution in [0.1, 0.15) is 21.5 Å². The van der Waals surface area contributed by atoms with Gasteiger partial charge in [-0.3, -0.25) is 19.7 Å². The summed E-state index contributed by atoms with van der Waals surface area (Å²) in [6, 6.07) is 15.5. The Balaban J connectivity index is 1.38. The summed E-state index contributed by atoms with van der Waals surface area (Å²) in [7, 11) is 0. The lowest BCUT2D eigenvalue weighted by Gasteiger charge is -2.09. The monoisotopic (exact) mass is 438 g/mol.